The molecule has 4 nitrogen and oxygen atoms in total. The average Bonchev–Trinajstić information content (AvgIpc) is 3.03. The molecule has 160 valence electrons. The Kier molecular flexibility index (Phi) is 7.38. The zero-order valence-electron chi connectivity index (χ0n) is 19.4. The number of rotatable bonds is 7. The lowest BCUT2D eigenvalue weighted by Gasteiger charge is -2.39. The smallest absolute Gasteiger partial charge is 0.236 e. The molecule has 1 heterocycles. The molecule has 0 spiro atoms. The van der Waals surface area contributed by atoms with E-state index < -0.39 is 13.7 Å². The fourth-order valence-electron chi connectivity index (χ4n) is 4.10. The molecule has 0 aromatic carbocycles. The summed E-state index contributed by atoms with van der Waals surface area (Å²) in [5.41, 5.74) is 1.92. The molecule has 0 saturated carbocycles. The second-order valence-corrected chi connectivity index (χ2v) is 15.0. The summed E-state index contributed by atoms with van der Waals surface area (Å²) in [6.07, 6.45) is 8.31. The molecule has 5 heteroatoms. The van der Waals surface area contributed by atoms with Crippen LogP contribution in [0.3, 0.4) is 0 Å². The van der Waals surface area contributed by atoms with Crippen LogP contribution in [0.1, 0.15) is 60.3 Å². The molecule has 2 rings (SSSR count). The molecular weight excluding hydrogens is 366 g/mol. The van der Waals surface area contributed by atoms with Crippen molar-refractivity contribution in [3.8, 4) is 0 Å². The van der Waals surface area contributed by atoms with Crippen molar-refractivity contribution in [2.45, 2.75) is 84.5 Å². The van der Waals surface area contributed by atoms with Crippen molar-refractivity contribution in [2.75, 3.05) is 26.9 Å². The molecule has 28 heavy (non-hydrogen) atoms. The molecule has 2 atom stereocenters. The SMILES string of the molecule is COC[C@@H]1CCCN1C(=O)[C@]1(C)C=C(C)CC=C1CCO[Si](C)(C)C(C)(C)C. The number of methoxy groups -OCH3 is 1. The minimum atomic E-state index is -1.78. The van der Waals surface area contributed by atoms with Crippen molar-refractivity contribution >= 4 is 14.2 Å². The molecule has 0 aromatic rings. The maximum atomic E-state index is 13.6. The molecule has 0 N–H and O–H groups in total. The highest BCUT2D eigenvalue weighted by atomic mass is 28.4. The Bertz CT molecular complexity index is 632. The van der Waals surface area contributed by atoms with Crippen molar-refractivity contribution in [2.24, 2.45) is 5.41 Å². The maximum Gasteiger partial charge on any atom is 0.236 e. The molecule has 0 unspecified atom stereocenters. The van der Waals surface area contributed by atoms with Crippen LogP contribution >= 0.6 is 0 Å². The average molecular weight is 408 g/mol. The van der Waals surface area contributed by atoms with E-state index in [1.54, 1.807) is 7.11 Å². The van der Waals surface area contributed by atoms with E-state index in [1.165, 1.54) is 11.1 Å². The number of carbonyl (C=O) groups excluding carboxylic acids is 1. The van der Waals surface area contributed by atoms with Gasteiger partial charge in [0.25, 0.3) is 0 Å². The van der Waals surface area contributed by atoms with E-state index in [0.29, 0.717) is 13.2 Å². The summed E-state index contributed by atoms with van der Waals surface area (Å²) >= 11 is 0. The zero-order valence-corrected chi connectivity index (χ0v) is 20.4. The topological polar surface area (TPSA) is 38.8 Å². The third-order valence-electron chi connectivity index (χ3n) is 6.95. The van der Waals surface area contributed by atoms with Gasteiger partial charge in [0.15, 0.2) is 8.32 Å². The van der Waals surface area contributed by atoms with Crippen LogP contribution < -0.4 is 0 Å². The Morgan fingerprint density at radius 3 is 2.64 bits per heavy atom. The number of amides is 1. The van der Waals surface area contributed by atoms with E-state index >= 15 is 0 Å². The first-order valence-electron chi connectivity index (χ1n) is 10.7. The first kappa shape index (κ1) is 23.4. The van der Waals surface area contributed by atoms with Crippen molar-refractivity contribution < 1.29 is 14.0 Å². The van der Waals surface area contributed by atoms with E-state index in [-0.39, 0.29) is 17.0 Å². The van der Waals surface area contributed by atoms with Gasteiger partial charge in [-0.2, -0.15) is 0 Å². The van der Waals surface area contributed by atoms with Crippen molar-refractivity contribution in [1.82, 2.24) is 4.90 Å². The first-order valence-corrected chi connectivity index (χ1v) is 13.6. The summed E-state index contributed by atoms with van der Waals surface area (Å²) in [5.74, 6) is 0.227. The lowest BCUT2D eigenvalue weighted by atomic mass is 9.74. The van der Waals surface area contributed by atoms with E-state index in [4.69, 9.17) is 9.16 Å². The van der Waals surface area contributed by atoms with Crippen molar-refractivity contribution in [3.05, 3.63) is 23.3 Å². The third-order valence-corrected chi connectivity index (χ3v) is 11.5. The van der Waals surface area contributed by atoms with Gasteiger partial charge in [0.1, 0.15) is 0 Å². The van der Waals surface area contributed by atoms with E-state index in [2.05, 4.69) is 64.8 Å². The van der Waals surface area contributed by atoms with Gasteiger partial charge in [0.2, 0.25) is 5.91 Å². The predicted molar refractivity (Wildman–Crippen MR) is 119 cm³/mol. The first-order chi connectivity index (χ1) is 12.9. The monoisotopic (exact) mass is 407 g/mol. The molecule has 1 aliphatic carbocycles. The molecule has 2 aliphatic rings. The zero-order chi connectivity index (χ0) is 21.2. The Labute approximate surface area is 173 Å². The van der Waals surface area contributed by atoms with Gasteiger partial charge in [-0.05, 0) is 57.7 Å². The fourth-order valence-corrected chi connectivity index (χ4v) is 5.15. The fraction of sp³-hybridized carbons (Fsp3) is 0.783. The van der Waals surface area contributed by atoms with Gasteiger partial charge in [0.05, 0.1) is 18.1 Å². The number of likely N-dealkylation sites (tertiary alicyclic amines) is 1. The number of ether oxygens (including phenoxy) is 1. The second-order valence-electron chi connectivity index (χ2n) is 10.2. The summed E-state index contributed by atoms with van der Waals surface area (Å²) in [6, 6.07) is 0.203. The van der Waals surface area contributed by atoms with Crippen LogP contribution in [-0.2, 0) is 14.0 Å². The van der Waals surface area contributed by atoms with E-state index in [1.807, 2.05) is 0 Å². The number of hydrogen-bond donors (Lipinski definition) is 0. The third kappa shape index (κ3) is 4.98. The highest BCUT2D eigenvalue weighted by Crippen LogP contribution is 2.41. The summed E-state index contributed by atoms with van der Waals surface area (Å²) in [5, 5.41) is 0.201. The molecule has 0 radical (unpaired) electrons. The molecule has 1 fully saturated rings. The summed E-state index contributed by atoms with van der Waals surface area (Å²) in [7, 11) is -0.0592. The van der Waals surface area contributed by atoms with Gasteiger partial charge >= 0.3 is 0 Å². The van der Waals surface area contributed by atoms with Crippen molar-refractivity contribution in [3.63, 3.8) is 0 Å². The quantitative estimate of drug-likeness (QED) is 0.423. The Balaban J connectivity index is 2.14. The van der Waals surface area contributed by atoms with Crippen LogP contribution in [0.15, 0.2) is 23.3 Å². The van der Waals surface area contributed by atoms with Crippen LogP contribution in [0.4, 0.5) is 0 Å². The molecule has 1 saturated heterocycles. The Morgan fingerprint density at radius 1 is 1.36 bits per heavy atom. The summed E-state index contributed by atoms with van der Waals surface area (Å²) < 4.78 is 11.8. The molecule has 1 amide bonds. The minimum Gasteiger partial charge on any atom is -0.417 e. The van der Waals surface area contributed by atoms with Gasteiger partial charge in [-0.15, -0.1) is 0 Å². The normalized spacial score (nSPS) is 26.3. The number of hydrogen-bond acceptors (Lipinski definition) is 3. The van der Waals surface area contributed by atoms with Crippen LogP contribution in [-0.4, -0.2) is 52.0 Å². The predicted octanol–water partition coefficient (Wildman–Crippen LogP) is 5.32. The van der Waals surface area contributed by atoms with Crippen LogP contribution in [0, 0.1) is 5.41 Å². The summed E-state index contributed by atoms with van der Waals surface area (Å²) in [4.78, 5) is 15.7. The van der Waals surface area contributed by atoms with Gasteiger partial charge in [-0.25, -0.2) is 0 Å². The van der Waals surface area contributed by atoms with Gasteiger partial charge < -0.3 is 14.1 Å². The molecular formula is C23H41NO3Si. The lowest BCUT2D eigenvalue weighted by molar-refractivity contribution is -0.139. The van der Waals surface area contributed by atoms with Gasteiger partial charge in [-0.1, -0.05) is 44.1 Å². The van der Waals surface area contributed by atoms with E-state index in [9.17, 15) is 4.79 Å². The van der Waals surface area contributed by atoms with Crippen molar-refractivity contribution in [1.29, 1.82) is 0 Å². The standard InChI is InChI=1S/C23H41NO3Si/c1-18-11-12-19(13-15-27-28(7,8)22(2,3)4)23(5,16-18)21(25)24-14-9-10-20(24)17-26-6/h12,16,20H,9-11,13-15,17H2,1-8H3/t20-,23+/m0/s1. The molecule has 0 aromatic heterocycles. The van der Waals surface area contributed by atoms with Crippen LogP contribution in [0.5, 0.6) is 0 Å². The lowest BCUT2D eigenvalue weighted by Crippen LogP contribution is -2.47. The maximum absolute atomic E-state index is 13.6. The largest absolute Gasteiger partial charge is 0.417 e. The van der Waals surface area contributed by atoms with Gasteiger partial charge in [-0.3, -0.25) is 4.79 Å². The molecule has 0 bridgehead atoms. The van der Waals surface area contributed by atoms with Gasteiger partial charge in [0, 0.05) is 20.3 Å². The second kappa shape index (κ2) is 8.84. The molecule has 1 aliphatic heterocycles. The number of nitrogens with zero attached hydrogens (tertiary/aromatic N) is 1. The van der Waals surface area contributed by atoms with Crippen LogP contribution in [0.2, 0.25) is 18.1 Å². The highest BCUT2D eigenvalue weighted by molar-refractivity contribution is 6.74. The van der Waals surface area contributed by atoms with Crippen LogP contribution in [0.25, 0.3) is 0 Å². The van der Waals surface area contributed by atoms with E-state index in [0.717, 1.165) is 32.2 Å². The summed E-state index contributed by atoms with van der Waals surface area (Å²) in [6.45, 7) is 17.7. The number of allylic oxidation sites excluding steroid dienone is 2. The highest BCUT2D eigenvalue weighted by Gasteiger charge is 2.43. The minimum absolute atomic E-state index is 0.201. The number of carbonyl (C=O) groups is 1. The Hall–Kier alpha value is -0.913. The Morgan fingerprint density at radius 2 is 2.04 bits per heavy atom.